The summed E-state index contributed by atoms with van der Waals surface area (Å²) in [4.78, 5) is 8.39. The molecule has 3 aromatic rings. The minimum atomic E-state index is 0.237. The Balaban J connectivity index is 1.90. The van der Waals surface area contributed by atoms with Gasteiger partial charge in [0.15, 0.2) is 5.82 Å². The van der Waals surface area contributed by atoms with Crippen molar-refractivity contribution in [3.8, 4) is 17.3 Å². The Morgan fingerprint density at radius 1 is 1.09 bits per heavy atom. The lowest BCUT2D eigenvalue weighted by molar-refractivity contribution is 0.395. The lowest BCUT2D eigenvalue weighted by Gasteiger charge is -2.08. The Hall–Kier alpha value is -3.29. The number of ether oxygens (including phenoxy) is 2. The van der Waals surface area contributed by atoms with Gasteiger partial charge in [-0.3, -0.25) is 0 Å². The monoisotopic (exact) mass is 312 g/mol. The van der Waals surface area contributed by atoms with Gasteiger partial charge >= 0.3 is 0 Å². The fourth-order valence-corrected chi connectivity index (χ4v) is 2.03. The molecule has 0 spiro atoms. The number of nitrogens with zero attached hydrogens (tertiary/aromatic N) is 4. The van der Waals surface area contributed by atoms with Gasteiger partial charge in [-0.1, -0.05) is 6.07 Å². The van der Waals surface area contributed by atoms with Crippen LogP contribution in [-0.2, 0) is 0 Å². The van der Waals surface area contributed by atoms with Crippen LogP contribution >= 0.6 is 0 Å². The van der Waals surface area contributed by atoms with E-state index in [-0.39, 0.29) is 5.95 Å². The van der Waals surface area contributed by atoms with E-state index in [4.69, 9.17) is 15.2 Å². The first-order valence-electron chi connectivity index (χ1n) is 6.83. The molecule has 23 heavy (non-hydrogen) atoms. The quantitative estimate of drug-likeness (QED) is 0.743. The van der Waals surface area contributed by atoms with Gasteiger partial charge in [0.1, 0.15) is 11.5 Å². The second-order valence-electron chi connectivity index (χ2n) is 4.62. The van der Waals surface area contributed by atoms with Crippen LogP contribution in [0.1, 0.15) is 0 Å². The number of hydrogen-bond donors (Lipinski definition) is 2. The van der Waals surface area contributed by atoms with E-state index in [0.29, 0.717) is 23.3 Å². The van der Waals surface area contributed by atoms with Gasteiger partial charge in [-0.15, -0.1) is 5.10 Å². The lowest BCUT2D eigenvalue weighted by Crippen LogP contribution is -2.04. The highest BCUT2D eigenvalue weighted by atomic mass is 16.5. The van der Waals surface area contributed by atoms with Gasteiger partial charge in [-0.25, -0.2) is 4.98 Å². The summed E-state index contributed by atoms with van der Waals surface area (Å²) < 4.78 is 11.9. The zero-order valence-electron chi connectivity index (χ0n) is 12.7. The molecule has 118 valence electrons. The lowest BCUT2D eigenvalue weighted by atomic mass is 10.3. The molecule has 2 aromatic heterocycles. The molecule has 3 N–H and O–H groups in total. The number of aromatic nitrogens is 4. The third-order valence-corrected chi connectivity index (χ3v) is 3.11. The highest BCUT2D eigenvalue weighted by Gasteiger charge is 2.10. The molecule has 0 saturated heterocycles. The normalized spacial score (nSPS) is 10.3. The third kappa shape index (κ3) is 3.15. The first-order chi connectivity index (χ1) is 11.2. The van der Waals surface area contributed by atoms with Gasteiger partial charge in [-0.05, 0) is 12.1 Å². The molecule has 3 rings (SSSR count). The highest BCUT2D eigenvalue weighted by Crippen LogP contribution is 2.27. The van der Waals surface area contributed by atoms with E-state index in [1.165, 1.54) is 4.68 Å². The molecule has 0 bridgehead atoms. The average Bonchev–Trinajstić information content (AvgIpc) is 2.95. The van der Waals surface area contributed by atoms with Crippen LogP contribution in [0.2, 0.25) is 0 Å². The Labute approximate surface area is 132 Å². The molecule has 1 aromatic carbocycles. The van der Waals surface area contributed by atoms with Crippen molar-refractivity contribution >= 4 is 17.6 Å². The molecule has 0 radical (unpaired) electrons. The molecule has 0 aliphatic heterocycles. The van der Waals surface area contributed by atoms with E-state index >= 15 is 0 Å². The van der Waals surface area contributed by atoms with E-state index < -0.39 is 0 Å². The van der Waals surface area contributed by atoms with Gasteiger partial charge in [-0.2, -0.15) is 9.67 Å². The van der Waals surface area contributed by atoms with Crippen LogP contribution in [-0.4, -0.2) is 34.0 Å². The fraction of sp³-hybridized carbons (Fsp3) is 0.133. The van der Waals surface area contributed by atoms with Crippen LogP contribution in [0, 0.1) is 0 Å². The van der Waals surface area contributed by atoms with Crippen molar-refractivity contribution in [2.45, 2.75) is 0 Å². The van der Waals surface area contributed by atoms with Gasteiger partial charge in [0, 0.05) is 30.1 Å². The van der Waals surface area contributed by atoms with Crippen molar-refractivity contribution in [1.29, 1.82) is 0 Å². The zero-order chi connectivity index (χ0) is 16.2. The maximum Gasteiger partial charge on any atom is 0.248 e. The Bertz CT molecular complexity index is 781. The number of hydrogen-bond acceptors (Lipinski definition) is 7. The topological polar surface area (TPSA) is 100 Å². The third-order valence-electron chi connectivity index (χ3n) is 3.11. The number of methoxy groups -OCH3 is 2. The standard InChI is InChI=1S/C15H16N6O2/c1-22-11-7-10(8-12(9-11)23-2)18-15-19-14(16)21(20-15)13-5-3-4-6-17-13/h3-9H,1-2H3,(H3,16,18,19,20). The van der Waals surface area contributed by atoms with Crippen LogP contribution in [0.25, 0.3) is 5.82 Å². The first-order valence-corrected chi connectivity index (χ1v) is 6.83. The predicted molar refractivity (Wildman–Crippen MR) is 86.4 cm³/mol. The predicted octanol–water partition coefficient (Wildman–Crippen LogP) is 2.01. The SMILES string of the molecule is COc1cc(Nc2nc(N)n(-c3ccccn3)n2)cc(OC)c1. The van der Waals surface area contributed by atoms with E-state index in [2.05, 4.69) is 20.4 Å². The summed E-state index contributed by atoms with van der Waals surface area (Å²) in [6.07, 6.45) is 1.66. The van der Waals surface area contributed by atoms with Crippen molar-refractivity contribution in [1.82, 2.24) is 19.7 Å². The number of nitrogens with two attached hydrogens (primary N) is 1. The number of anilines is 3. The van der Waals surface area contributed by atoms with Crippen LogP contribution in [0.4, 0.5) is 17.6 Å². The molecule has 0 atom stereocenters. The Morgan fingerprint density at radius 3 is 2.43 bits per heavy atom. The van der Waals surface area contributed by atoms with Gasteiger partial charge in [0.2, 0.25) is 11.9 Å². The Kier molecular flexibility index (Phi) is 3.96. The van der Waals surface area contributed by atoms with Crippen molar-refractivity contribution in [3.05, 3.63) is 42.6 Å². The maximum absolute atomic E-state index is 5.90. The second-order valence-corrected chi connectivity index (χ2v) is 4.62. The average molecular weight is 312 g/mol. The minimum absolute atomic E-state index is 0.237. The van der Waals surface area contributed by atoms with Gasteiger partial charge in [0.25, 0.3) is 0 Å². The number of pyridine rings is 1. The summed E-state index contributed by atoms with van der Waals surface area (Å²) in [5.41, 5.74) is 6.62. The molecule has 8 heteroatoms. The van der Waals surface area contributed by atoms with Crippen LogP contribution in [0.15, 0.2) is 42.6 Å². The van der Waals surface area contributed by atoms with E-state index in [9.17, 15) is 0 Å². The minimum Gasteiger partial charge on any atom is -0.497 e. The van der Waals surface area contributed by atoms with Crippen LogP contribution in [0.5, 0.6) is 11.5 Å². The molecule has 0 aliphatic carbocycles. The highest BCUT2D eigenvalue weighted by molar-refractivity contribution is 5.60. The van der Waals surface area contributed by atoms with Crippen LogP contribution < -0.4 is 20.5 Å². The van der Waals surface area contributed by atoms with E-state index in [1.807, 2.05) is 12.1 Å². The number of nitrogens with one attached hydrogen (secondary N) is 1. The van der Waals surface area contributed by atoms with Gasteiger partial charge in [0.05, 0.1) is 14.2 Å². The van der Waals surface area contributed by atoms with Crippen molar-refractivity contribution < 1.29 is 9.47 Å². The summed E-state index contributed by atoms with van der Waals surface area (Å²) in [7, 11) is 3.18. The molecule has 2 heterocycles. The summed E-state index contributed by atoms with van der Waals surface area (Å²) in [5.74, 6) is 2.49. The fourth-order valence-electron chi connectivity index (χ4n) is 2.03. The van der Waals surface area contributed by atoms with Crippen molar-refractivity contribution in [2.24, 2.45) is 0 Å². The van der Waals surface area contributed by atoms with E-state index in [0.717, 1.165) is 5.69 Å². The number of benzene rings is 1. The summed E-state index contributed by atoms with van der Waals surface area (Å²) in [6, 6.07) is 10.9. The molecule has 0 aliphatic rings. The molecule has 0 saturated carbocycles. The number of rotatable bonds is 5. The van der Waals surface area contributed by atoms with Crippen molar-refractivity contribution in [2.75, 3.05) is 25.3 Å². The summed E-state index contributed by atoms with van der Waals surface area (Å²) in [5, 5.41) is 7.39. The smallest absolute Gasteiger partial charge is 0.248 e. The molecular formula is C15H16N6O2. The second kappa shape index (κ2) is 6.22. The molecule has 0 unspecified atom stereocenters. The largest absolute Gasteiger partial charge is 0.497 e. The first kappa shape index (κ1) is 14.6. The zero-order valence-corrected chi connectivity index (χ0v) is 12.7. The van der Waals surface area contributed by atoms with Gasteiger partial charge < -0.3 is 20.5 Å². The van der Waals surface area contributed by atoms with Crippen molar-refractivity contribution in [3.63, 3.8) is 0 Å². The summed E-state index contributed by atoms with van der Waals surface area (Å²) >= 11 is 0. The molecule has 0 amide bonds. The molecular weight excluding hydrogens is 296 g/mol. The number of nitrogen functional groups attached to an aromatic ring is 1. The molecule has 8 nitrogen and oxygen atoms in total. The van der Waals surface area contributed by atoms with E-state index in [1.54, 1.807) is 44.7 Å². The summed E-state index contributed by atoms with van der Waals surface area (Å²) in [6.45, 7) is 0. The maximum atomic E-state index is 5.90. The van der Waals surface area contributed by atoms with Crippen LogP contribution in [0.3, 0.4) is 0 Å². The Morgan fingerprint density at radius 2 is 1.83 bits per heavy atom. The molecule has 0 fully saturated rings.